The van der Waals surface area contributed by atoms with Gasteiger partial charge in [-0.15, -0.1) is 0 Å². The molecule has 0 bridgehead atoms. The van der Waals surface area contributed by atoms with Gasteiger partial charge in [-0.3, -0.25) is 0 Å². The molecular formula is C28H23F7O4. The van der Waals surface area contributed by atoms with Crippen LogP contribution in [0.3, 0.4) is 0 Å². The van der Waals surface area contributed by atoms with Gasteiger partial charge in [0.2, 0.25) is 0 Å². The molecule has 0 aromatic heterocycles. The van der Waals surface area contributed by atoms with E-state index in [1.54, 1.807) is 0 Å². The van der Waals surface area contributed by atoms with E-state index in [2.05, 4.69) is 0 Å². The molecule has 0 N–H and O–H groups in total. The van der Waals surface area contributed by atoms with Gasteiger partial charge in [0.1, 0.15) is 47.5 Å². The highest BCUT2D eigenvalue weighted by Crippen LogP contribution is 2.31. The van der Waals surface area contributed by atoms with E-state index in [9.17, 15) is 30.7 Å². The van der Waals surface area contributed by atoms with Crippen molar-refractivity contribution in [2.24, 2.45) is 0 Å². The fourth-order valence-corrected chi connectivity index (χ4v) is 3.92. The molecule has 0 amide bonds. The minimum absolute atomic E-state index is 0.0284. The molecule has 11 heteroatoms. The lowest BCUT2D eigenvalue weighted by atomic mass is 10.0. The lowest BCUT2D eigenvalue weighted by molar-refractivity contribution is -0.230. The summed E-state index contributed by atoms with van der Waals surface area (Å²) in [7, 11) is 0. The first-order valence-electron chi connectivity index (χ1n) is 11.9. The average molecular weight is 556 g/mol. The molecule has 1 aliphatic rings. The number of ether oxygens (including phenoxy) is 4. The topological polar surface area (TPSA) is 36.9 Å². The highest BCUT2D eigenvalue weighted by Gasteiger charge is 2.26. The fourth-order valence-electron chi connectivity index (χ4n) is 3.92. The molecule has 3 aromatic carbocycles. The first-order chi connectivity index (χ1) is 18.7. The van der Waals surface area contributed by atoms with Crippen molar-refractivity contribution >= 4 is 6.08 Å². The molecule has 0 spiro atoms. The summed E-state index contributed by atoms with van der Waals surface area (Å²) in [6.45, 7) is 2.32. The number of benzene rings is 3. The van der Waals surface area contributed by atoms with E-state index in [1.165, 1.54) is 6.07 Å². The molecule has 4 nitrogen and oxygen atoms in total. The molecule has 39 heavy (non-hydrogen) atoms. The van der Waals surface area contributed by atoms with E-state index in [4.69, 9.17) is 18.9 Å². The van der Waals surface area contributed by atoms with Gasteiger partial charge in [0.05, 0.1) is 24.3 Å². The minimum atomic E-state index is -2.29. The average Bonchev–Trinajstić information content (AvgIpc) is 2.89. The van der Waals surface area contributed by atoms with Crippen molar-refractivity contribution < 1.29 is 49.7 Å². The molecule has 3 aromatic rings. The molecular weight excluding hydrogens is 533 g/mol. The van der Waals surface area contributed by atoms with Gasteiger partial charge in [0.25, 0.3) is 6.08 Å². The van der Waals surface area contributed by atoms with Gasteiger partial charge in [0, 0.05) is 29.9 Å². The second-order valence-electron chi connectivity index (χ2n) is 8.67. The van der Waals surface area contributed by atoms with Gasteiger partial charge < -0.3 is 18.9 Å². The Kier molecular flexibility index (Phi) is 9.26. The Balaban J connectivity index is 1.43. The van der Waals surface area contributed by atoms with Crippen LogP contribution >= 0.6 is 0 Å². The smallest absolute Gasteiger partial charge is 0.271 e. The Morgan fingerprint density at radius 3 is 2.08 bits per heavy atom. The lowest BCUT2D eigenvalue weighted by Gasteiger charge is -2.29. The predicted octanol–water partition coefficient (Wildman–Crippen LogP) is 7.71. The summed E-state index contributed by atoms with van der Waals surface area (Å²) in [6.07, 6.45) is -2.68. The van der Waals surface area contributed by atoms with Crippen molar-refractivity contribution in [3.05, 3.63) is 94.3 Å². The van der Waals surface area contributed by atoms with Gasteiger partial charge in [-0.2, -0.15) is 8.78 Å². The summed E-state index contributed by atoms with van der Waals surface area (Å²) in [5, 5.41) is 0. The van der Waals surface area contributed by atoms with E-state index in [1.807, 2.05) is 6.92 Å². The zero-order valence-electron chi connectivity index (χ0n) is 20.6. The van der Waals surface area contributed by atoms with Crippen LogP contribution in [0.1, 0.15) is 36.3 Å². The highest BCUT2D eigenvalue weighted by molar-refractivity contribution is 5.68. The van der Waals surface area contributed by atoms with Crippen LogP contribution in [-0.2, 0) is 20.8 Å². The number of halogens is 7. The molecule has 0 saturated carbocycles. The van der Waals surface area contributed by atoms with Crippen molar-refractivity contribution in [3.63, 3.8) is 0 Å². The SMILES string of the molecule is CCCOC1COC(c2cc(F)c(COc3ccc(-c4cc(F)c(C=C(F)F)c(F)c4)c(F)c3)c(F)c2)OC1. The first-order valence-corrected chi connectivity index (χ1v) is 11.9. The van der Waals surface area contributed by atoms with E-state index in [-0.39, 0.29) is 47.8 Å². The van der Waals surface area contributed by atoms with Gasteiger partial charge in [-0.1, -0.05) is 6.92 Å². The summed E-state index contributed by atoms with van der Waals surface area (Å²) < 4.78 is 119. The zero-order chi connectivity index (χ0) is 28.1. The number of hydrogen-bond acceptors (Lipinski definition) is 4. The third kappa shape index (κ3) is 6.97. The van der Waals surface area contributed by atoms with Crippen LogP contribution in [0.2, 0.25) is 0 Å². The molecule has 0 atom stereocenters. The van der Waals surface area contributed by atoms with Crippen LogP contribution in [0.4, 0.5) is 30.7 Å². The first kappa shape index (κ1) is 28.6. The van der Waals surface area contributed by atoms with Crippen LogP contribution in [0.15, 0.2) is 48.5 Å². The van der Waals surface area contributed by atoms with E-state index < -0.39 is 59.2 Å². The molecule has 1 heterocycles. The van der Waals surface area contributed by atoms with Crippen LogP contribution < -0.4 is 4.74 Å². The number of hydrogen-bond donors (Lipinski definition) is 0. The third-order valence-electron chi connectivity index (χ3n) is 5.83. The molecule has 0 radical (unpaired) electrons. The van der Waals surface area contributed by atoms with Crippen LogP contribution in [0, 0.1) is 29.1 Å². The third-order valence-corrected chi connectivity index (χ3v) is 5.83. The normalized spacial score (nSPS) is 17.2. The molecule has 1 fully saturated rings. The monoisotopic (exact) mass is 556 g/mol. The standard InChI is InChI=1S/C28H23F7O4/c1-2-5-36-18-12-38-28(39-13-18)16-8-24(31)21(25(32)9-16)14-37-17-3-4-19(26(33)10-17)15-6-22(29)20(11-27(34)35)23(30)7-15/h3-4,6-11,18,28H,2,5,12-14H2,1H3. The molecule has 208 valence electrons. The Morgan fingerprint density at radius 1 is 0.872 bits per heavy atom. The Hall–Kier alpha value is -3.41. The van der Waals surface area contributed by atoms with E-state index in [0.717, 1.165) is 30.7 Å². The zero-order valence-corrected chi connectivity index (χ0v) is 20.6. The Morgan fingerprint density at radius 2 is 1.51 bits per heavy atom. The largest absolute Gasteiger partial charge is 0.489 e. The predicted molar refractivity (Wildman–Crippen MR) is 127 cm³/mol. The molecule has 0 unspecified atom stereocenters. The second kappa shape index (κ2) is 12.6. The lowest BCUT2D eigenvalue weighted by Crippen LogP contribution is -2.33. The Bertz CT molecular complexity index is 1300. The van der Waals surface area contributed by atoms with Crippen LogP contribution in [0.5, 0.6) is 5.75 Å². The second-order valence-corrected chi connectivity index (χ2v) is 8.67. The molecule has 1 saturated heterocycles. The maximum atomic E-state index is 14.7. The summed E-state index contributed by atoms with van der Waals surface area (Å²) in [4.78, 5) is 0. The summed E-state index contributed by atoms with van der Waals surface area (Å²) in [6, 6.07) is 6.76. The fraction of sp³-hybridized carbons (Fsp3) is 0.286. The van der Waals surface area contributed by atoms with Crippen LogP contribution in [-0.4, -0.2) is 25.9 Å². The van der Waals surface area contributed by atoms with Crippen molar-refractivity contribution in [2.75, 3.05) is 19.8 Å². The summed E-state index contributed by atoms with van der Waals surface area (Å²) >= 11 is 0. The number of rotatable bonds is 9. The van der Waals surface area contributed by atoms with Gasteiger partial charge in [0.15, 0.2) is 6.29 Å². The highest BCUT2D eigenvalue weighted by atomic mass is 19.3. The van der Waals surface area contributed by atoms with Crippen molar-refractivity contribution in [3.8, 4) is 16.9 Å². The van der Waals surface area contributed by atoms with Crippen LogP contribution in [0.25, 0.3) is 17.2 Å². The summed E-state index contributed by atoms with van der Waals surface area (Å²) in [5.74, 6) is -5.54. The molecule has 0 aliphatic carbocycles. The molecule has 4 rings (SSSR count). The molecule has 1 aliphatic heterocycles. The van der Waals surface area contributed by atoms with Crippen molar-refractivity contribution in [1.82, 2.24) is 0 Å². The summed E-state index contributed by atoms with van der Waals surface area (Å²) in [5.41, 5.74) is -1.73. The van der Waals surface area contributed by atoms with Gasteiger partial charge >= 0.3 is 0 Å². The maximum Gasteiger partial charge on any atom is 0.271 e. The van der Waals surface area contributed by atoms with Gasteiger partial charge in [-0.05, 0) is 48.4 Å². The van der Waals surface area contributed by atoms with Crippen molar-refractivity contribution in [1.29, 1.82) is 0 Å². The van der Waals surface area contributed by atoms with E-state index >= 15 is 0 Å². The maximum absolute atomic E-state index is 14.7. The van der Waals surface area contributed by atoms with E-state index in [0.29, 0.717) is 18.7 Å². The minimum Gasteiger partial charge on any atom is -0.489 e. The Labute approximate surface area is 219 Å². The van der Waals surface area contributed by atoms with Gasteiger partial charge in [-0.25, -0.2) is 22.0 Å². The quantitative estimate of drug-likeness (QED) is 0.253. The van der Waals surface area contributed by atoms with Crippen molar-refractivity contribution in [2.45, 2.75) is 32.3 Å².